The van der Waals surface area contributed by atoms with Crippen molar-refractivity contribution in [1.29, 1.82) is 0 Å². The van der Waals surface area contributed by atoms with E-state index in [1.54, 1.807) is 11.8 Å². The highest BCUT2D eigenvalue weighted by Crippen LogP contribution is 2.50. The van der Waals surface area contributed by atoms with Crippen molar-refractivity contribution in [2.75, 3.05) is 6.54 Å². The second-order valence-electron chi connectivity index (χ2n) is 8.84. The van der Waals surface area contributed by atoms with Gasteiger partial charge in [0, 0.05) is 31.4 Å². The molecule has 0 unspecified atom stereocenters. The molecule has 1 saturated carbocycles. The molecule has 9 heteroatoms. The summed E-state index contributed by atoms with van der Waals surface area (Å²) in [5.74, 6) is -3.25. The molecule has 2 atom stereocenters. The van der Waals surface area contributed by atoms with Crippen LogP contribution in [0.25, 0.3) is 0 Å². The molecular formula is C22H21F2N3O4. The SMILES string of the molecule is Cc1cc(F)c(CNC(=O)c2cn3c(c(O)c2=O)C(=O)N2C[C@@H]4CC[C@]2(C4)C3)c(F)c1. The van der Waals surface area contributed by atoms with Crippen LogP contribution in [0, 0.1) is 24.5 Å². The lowest BCUT2D eigenvalue weighted by atomic mass is 9.93. The zero-order valence-electron chi connectivity index (χ0n) is 16.9. The number of hydrogen-bond donors (Lipinski definition) is 2. The van der Waals surface area contributed by atoms with E-state index in [9.17, 15) is 28.3 Å². The second-order valence-corrected chi connectivity index (χ2v) is 8.84. The van der Waals surface area contributed by atoms with Crippen molar-refractivity contribution in [3.8, 4) is 5.75 Å². The molecule has 31 heavy (non-hydrogen) atoms. The number of aromatic nitrogens is 1. The maximum atomic E-state index is 14.0. The summed E-state index contributed by atoms with van der Waals surface area (Å²) in [4.78, 5) is 40.0. The number of halogens is 2. The number of benzene rings is 1. The van der Waals surface area contributed by atoms with E-state index in [1.807, 2.05) is 0 Å². The van der Waals surface area contributed by atoms with Crippen LogP contribution in [0.1, 0.15) is 51.2 Å². The highest BCUT2D eigenvalue weighted by Gasteiger charge is 2.56. The molecule has 2 bridgehead atoms. The number of aromatic hydroxyl groups is 1. The first-order chi connectivity index (χ1) is 14.7. The molecule has 1 aromatic heterocycles. The Bertz CT molecular complexity index is 1180. The van der Waals surface area contributed by atoms with Crippen molar-refractivity contribution in [3.63, 3.8) is 0 Å². The van der Waals surface area contributed by atoms with Gasteiger partial charge in [-0.05, 0) is 49.8 Å². The van der Waals surface area contributed by atoms with Crippen LogP contribution in [0.15, 0.2) is 23.1 Å². The lowest BCUT2D eigenvalue weighted by Gasteiger charge is -2.44. The molecule has 2 aliphatic heterocycles. The summed E-state index contributed by atoms with van der Waals surface area (Å²) in [5, 5.41) is 12.8. The Hall–Kier alpha value is -3.23. The van der Waals surface area contributed by atoms with Gasteiger partial charge in [-0.2, -0.15) is 0 Å². The van der Waals surface area contributed by atoms with Crippen molar-refractivity contribution in [1.82, 2.24) is 14.8 Å². The molecule has 2 amide bonds. The Morgan fingerprint density at radius 1 is 1.29 bits per heavy atom. The molecule has 3 aliphatic rings. The summed E-state index contributed by atoms with van der Waals surface area (Å²) in [6, 6.07) is 2.30. The maximum absolute atomic E-state index is 14.0. The van der Waals surface area contributed by atoms with Gasteiger partial charge in [-0.25, -0.2) is 8.78 Å². The van der Waals surface area contributed by atoms with E-state index < -0.39 is 41.2 Å². The molecule has 2 fully saturated rings. The second kappa shape index (κ2) is 6.63. The number of carbonyl (C=O) groups excluding carboxylic acids is 2. The fourth-order valence-electron chi connectivity index (χ4n) is 5.36. The van der Waals surface area contributed by atoms with Crippen LogP contribution in [-0.4, -0.2) is 38.5 Å². The molecule has 7 nitrogen and oxygen atoms in total. The summed E-state index contributed by atoms with van der Waals surface area (Å²) >= 11 is 0. The van der Waals surface area contributed by atoms with Crippen molar-refractivity contribution in [2.45, 2.75) is 44.8 Å². The van der Waals surface area contributed by atoms with Gasteiger partial charge in [-0.15, -0.1) is 0 Å². The van der Waals surface area contributed by atoms with Gasteiger partial charge in [0.2, 0.25) is 5.43 Å². The monoisotopic (exact) mass is 429 g/mol. The first kappa shape index (κ1) is 19.7. The summed E-state index contributed by atoms with van der Waals surface area (Å²) in [5.41, 5.74) is -1.74. The highest BCUT2D eigenvalue weighted by molar-refractivity contribution is 5.99. The topological polar surface area (TPSA) is 91.6 Å². The average molecular weight is 429 g/mol. The Morgan fingerprint density at radius 2 is 2.00 bits per heavy atom. The summed E-state index contributed by atoms with van der Waals surface area (Å²) in [7, 11) is 0. The molecule has 3 heterocycles. The largest absolute Gasteiger partial charge is 0.503 e. The standard InChI is InChI=1S/C22H21F2N3O4/c1-11-4-15(23)13(16(24)5-11)7-25-20(30)14-9-26-10-22-3-2-12(6-22)8-27(22)21(31)17(26)19(29)18(14)28/h4-5,9,12,29H,2-3,6-8,10H2,1H3,(H,25,30)/t12-,22+/m1/s1. The summed E-state index contributed by atoms with van der Waals surface area (Å²) in [6.45, 7) is 2.09. The number of fused-ring (bicyclic) bond motifs is 2. The van der Waals surface area contributed by atoms with Crippen molar-refractivity contribution in [3.05, 3.63) is 62.6 Å². The Labute approximate surface area is 176 Å². The van der Waals surface area contributed by atoms with Gasteiger partial charge in [-0.3, -0.25) is 14.4 Å². The molecule has 5 rings (SSSR count). The van der Waals surface area contributed by atoms with Crippen LogP contribution in [-0.2, 0) is 13.1 Å². The van der Waals surface area contributed by atoms with E-state index in [-0.39, 0.29) is 22.4 Å². The fourth-order valence-corrected chi connectivity index (χ4v) is 5.36. The Kier molecular flexibility index (Phi) is 4.22. The lowest BCUT2D eigenvalue weighted by Crippen LogP contribution is -2.55. The maximum Gasteiger partial charge on any atom is 0.275 e. The van der Waals surface area contributed by atoms with Crippen molar-refractivity contribution in [2.24, 2.45) is 5.92 Å². The minimum absolute atomic E-state index is 0.115. The van der Waals surface area contributed by atoms with E-state index in [2.05, 4.69) is 5.32 Å². The zero-order valence-corrected chi connectivity index (χ0v) is 16.9. The van der Waals surface area contributed by atoms with E-state index in [0.29, 0.717) is 24.6 Å². The number of carbonyl (C=O) groups is 2. The Morgan fingerprint density at radius 3 is 2.68 bits per heavy atom. The molecule has 1 aliphatic carbocycles. The number of amides is 2. The molecule has 1 spiro atoms. The summed E-state index contributed by atoms with van der Waals surface area (Å²) in [6.07, 6.45) is 3.98. The molecule has 162 valence electrons. The van der Waals surface area contributed by atoms with Crippen LogP contribution in [0.4, 0.5) is 8.78 Å². The Balaban J connectivity index is 1.46. The predicted octanol–water partition coefficient (Wildman–Crippen LogP) is 2.08. The van der Waals surface area contributed by atoms with Gasteiger partial charge in [-0.1, -0.05) is 0 Å². The molecule has 2 N–H and O–H groups in total. The van der Waals surface area contributed by atoms with Crippen LogP contribution in [0.3, 0.4) is 0 Å². The van der Waals surface area contributed by atoms with Crippen molar-refractivity contribution < 1.29 is 23.5 Å². The first-order valence-electron chi connectivity index (χ1n) is 10.2. The average Bonchev–Trinajstić information content (AvgIpc) is 3.27. The fraction of sp³-hybridized carbons (Fsp3) is 0.409. The third-order valence-corrected chi connectivity index (χ3v) is 6.82. The first-order valence-corrected chi connectivity index (χ1v) is 10.2. The summed E-state index contributed by atoms with van der Waals surface area (Å²) < 4.78 is 29.6. The number of piperidine rings is 1. The molecule has 0 radical (unpaired) electrons. The number of hydrogen-bond acceptors (Lipinski definition) is 4. The minimum Gasteiger partial charge on any atom is -0.503 e. The normalized spacial score (nSPS) is 23.6. The number of aryl methyl sites for hydroxylation is 1. The third kappa shape index (κ3) is 2.86. The minimum atomic E-state index is -0.984. The molecule has 1 aromatic carbocycles. The quantitative estimate of drug-likeness (QED) is 0.782. The lowest BCUT2D eigenvalue weighted by molar-refractivity contribution is 0.0397. The van der Waals surface area contributed by atoms with Crippen LogP contribution in [0.2, 0.25) is 0 Å². The molecule has 2 aromatic rings. The van der Waals surface area contributed by atoms with Gasteiger partial charge in [0.1, 0.15) is 17.2 Å². The molecular weight excluding hydrogens is 408 g/mol. The third-order valence-electron chi connectivity index (χ3n) is 6.82. The number of rotatable bonds is 3. The number of nitrogens with zero attached hydrogens (tertiary/aromatic N) is 2. The van der Waals surface area contributed by atoms with E-state index in [4.69, 9.17) is 0 Å². The van der Waals surface area contributed by atoms with Gasteiger partial charge < -0.3 is 19.9 Å². The van der Waals surface area contributed by atoms with E-state index in [1.165, 1.54) is 10.8 Å². The zero-order chi connectivity index (χ0) is 22.1. The van der Waals surface area contributed by atoms with Crippen LogP contribution >= 0.6 is 0 Å². The number of nitrogens with one attached hydrogen (secondary N) is 1. The smallest absolute Gasteiger partial charge is 0.275 e. The van der Waals surface area contributed by atoms with Gasteiger partial charge >= 0.3 is 0 Å². The van der Waals surface area contributed by atoms with E-state index in [0.717, 1.165) is 31.4 Å². The van der Waals surface area contributed by atoms with Crippen LogP contribution < -0.4 is 10.7 Å². The highest BCUT2D eigenvalue weighted by atomic mass is 19.1. The van der Waals surface area contributed by atoms with Gasteiger partial charge in [0.15, 0.2) is 11.4 Å². The van der Waals surface area contributed by atoms with E-state index >= 15 is 0 Å². The van der Waals surface area contributed by atoms with Gasteiger partial charge in [0.25, 0.3) is 11.8 Å². The number of pyridine rings is 1. The predicted molar refractivity (Wildman–Crippen MR) is 106 cm³/mol. The molecule has 1 saturated heterocycles. The van der Waals surface area contributed by atoms with Crippen LogP contribution in [0.5, 0.6) is 5.75 Å². The van der Waals surface area contributed by atoms with Crippen molar-refractivity contribution >= 4 is 11.8 Å². The van der Waals surface area contributed by atoms with Gasteiger partial charge in [0.05, 0.1) is 5.54 Å².